The molecule has 0 bridgehead atoms. The number of alkyl halides is 3. The minimum absolute atomic E-state index is 0.0177. The van der Waals surface area contributed by atoms with Gasteiger partial charge in [0.25, 0.3) is 0 Å². The molecule has 262 valence electrons. The number of piperazine rings is 1. The zero-order valence-electron chi connectivity index (χ0n) is 28.4. The second kappa shape index (κ2) is 13.5. The number of anilines is 2. The second-order valence-corrected chi connectivity index (χ2v) is 13.9. The molecule has 12 nitrogen and oxygen atoms in total. The number of carbonyl (C=O) groups is 1. The Morgan fingerprint density at radius 2 is 1.86 bits per heavy atom. The van der Waals surface area contributed by atoms with Crippen LogP contribution in [-0.2, 0) is 15.7 Å². The van der Waals surface area contributed by atoms with Crippen molar-refractivity contribution < 1.29 is 27.8 Å². The van der Waals surface area contributed by atoms with Crippen LogP contribution in [0.2, 0.25) is 0 Å². The summed E-state index contributed by atoms with van der Waals surface area (Å²) in [6.45, 7) is 9.97. The van der Waals surface area contributed by atoms with Gasteiger partial charge in [-0.25, -0.2) is 24.9 Å². The molecule has 2 aliphatic rings. The van der Waals surface area contributed by atoms with Crippen LogP contribution < -0.4 is 9.80 Å². The highest BCUT2D eigenvalue weighted by atomic mass is 19.4. The number of nitrogens with zero attached hydrogens (tertiary/aromatic N) is 8. The molecule has 1 saturated carbocycles. The van der Waals surface area contributed by atoms with E-state index in [9.17, 15) is 18.0 Å². The molecule has 1 saturated heterocycles. The molecule has 0 unspecified atom stereocenters. The molecule has 0 aromatic carbocycles. The molecular weight excluding hydrogens is 639 g/mol. The smallest absolute Gasteiger partial charge is 0.433 e. The number of rotatable bonds is 12. The number of hydrogen-bond acceptors (Lipinski definition) is 10. The number of H-pyrrole nitrogens is 1. The number of aromatic amines is 1. The second-order valence-electron chi connectivity index (χ2n) is 13.9. The molecule has 0 spiro atoms. The van der Waals surface area contributed by atoms with Gasteiger partial charge >= 0.3 is 12.1 Å². The minimum Gasteiger partial charge on any atom is -0.481 e. The first-order chi connectivity index (χ1) is 23.2. The van der Waals surface area contributed by atoms with Crippen LogP contribution in [0.1, 0.15) is 57.3 Å². The third-order valence-corrected chi connectivity index (χ3v) is 9.01. The Balaban J connectivity index is 1.34. The third-order valence-electron chi connectivity index (χ3n) is 9.01. The SMILES string of the molecule is COCC(C)(C)CN(C)c1cc(-c2cc(C3CC3)nc(C(F)(F)F)c2)nc2nc(-c3cnc(N4CCN(CCC(=O)O)C[C@H]4C)cn3)[nH]c12. The number of methoxy groups -OCH3 is 1. The number of aromatic nitrogens is 6. The van der Waals surface area contributed by atoms with E-state index in [1.807, 2.05) is 11.9 Å². The highest BCUT2D eigenvalue weighted by molar-refractivity contribution is 5.91. The van der Waals surface area contributed by atoms with Crippen molar-refractivity contribution in [1.29, 1.82) is 0 Å². The molecule has 4 aromatic heterocycles. The Bertz CT molecular complexity index is 1810. The maximum atomic E-state index is 13.9. The molecule has 1 aliphatic carbocycles. The van der Waals surface area contributed by atoms with Gasteiger partial charge in [0.05, 0.1) is 36.8 Å². The quantitative estimate of drug-likeness (QED) is 0.197. The largest absolute Gasteiger partial charge is 0.481 e. The van der Waals surface area contributed by atoms with Gasteiger partial charge in [-0.3, -0.25) is 9.69 Å². The van der Waals surface area contributed by atoms with E-state index in [0.29, 0.717) is 71.7 Å². The average molecular weight is 682 g/mol. The van der Waals surface area contributed by atoms with Crippen molar-refractivity contribution in [2.45, 2.75) is 58.2 Å². The molecule has 2 fully saturated rings. The molecule has 6 rings (SSSR count). The summed E-state index contributed by atoms with van der Waals surface area (Å²) >= 11 is 0. The Kier molecular flexibility index (Phi) is 9.50. The summed E-state index contributed by atoms with van der Waals surface area (Å²) in [5.41, 5.74) is 2.14. The van der Waals surface area contributed by atoms with Gasteiger partial charge in [0, 0.05) is 75.5 Å². The fourth-order valence-electron chi connectivity index (χ4n) is 6.56. The van der Waals surface area contributed by atoms with Crippen molar-refractivity contribution in [3.05, 3.63) is 42.0 Å². The number of pyridine rings is 2. The first-order valence-corrected chi connectivity index (χ1v) is 16.4. The Hall–Kier alpha value is -4.37. The van der Waals surface area contributed by atoms with Crippen LogP contribution in [0, 0.1) is 5.41 Å². The lowest BCUT2D eigenvalue weighted by molar-refractivity contribution is -0.141. The maximum absolute atomic E-state index is 13.9. The van der Waals surface area contributed by atoms with Gasteiger partial charge in [-0.15, -0.1) is 0 Å². The van der Waals surface area contributed by atoms with Crippen LogP contribution in [0.5, 0.6) is 0 Å². The minimum atomic E-state index is -4.59. The summed E-state index contributed by atoms with van der Waals surface area (Å²) in [5.74, 6) is 0.346. The van der Waals surface area contributed by atoms with Crippen molar-refractivity contribution >= 4 is 28.6 Å². The first-order valence-electron chi connectivity index (χ1n) is 16.4. The maximum Gasteiger partial charge on any atom is 0.433 e. The normalized spacial score (nSPS) is 17.6. The summed E-state index contributed by atoms with van der Waals surface area (Å²) in [7, 11) is 3.58. The molecule has 2 N–H and O–H groups in total. The molecular formula is C34H42F3N9O3. The highest BCUT2D eigenvalue weighted by Gasteiger charge is 2.36. The molecule has 0 radical (unpaired) electrons. The standard InChI is InChI=1S/C34H42F3N9O3/c1-20-17-45(9-8-29(47)48)10-11-46(20)28-16-38-25(15-39-28)31-42-30-26(44(4)18-33(2,3)19-49-5)14-24(41-32(30)43-31)22-12-23(21-6-7-21)40-27(13-22)34(35,36)37/h12-16,20-21H,6-11,17-19H2,1-5H3,(H,47,48)(H,41,42,43)/t20-/m1/s1. The van der Waals surface area contributed by atoms with E-state index < -0.39 is 17.8 Å². The van der Waals surface area contributed by atoms with E-state index in [0.717, 1.165) is 37.7 Å². The zero-order chi connectivity index (χ0) is 35.1. The van der Waals surface area contributed by atoms with Gasteiger partial charge in [0.15, 0.2) is 11.5 Å². The van der Waals surface area contributed by atoms with E-state index >= 15 is 0 Å². The van der Waals surface area contributed by atoms with Crippen LogP contribution in [0.25, 0.3) is 33.9 Å². The molecule has 5 heterocycles. The molecule has 15 heteroatoms. The van der Waals surface area contributed by atoms with E-state index in [-0.39, 0.29) is 23.8 Å². The van der Waals surface area contributed by atoms with Crippen molar-refractivity contribution in [3.63, 3.8) is 0 Å². The summed E-state index contributed by atoms with van der Waals surface area (Å²) in [6, 6.07) is 4.68. The van der Waals surface area contributed by atoms with E-state index in [1.54, 1.807) is 31.6 Å². The lowest BCUT2D eigenvalue weighted by atomic mass is 9.94. The number of aliphatic carboxylic acids is 1. The Morgan fingerprint density at radius 3 is 2.49 bits per heavy atom. The number of fused-ring (bicyclic) bond motifs is 1. The summed E-state index contributed by atoms with van der Waals surface area (Å²) in [4.78, 5) is 43.5. The zero-order valence-corrected chi connectivity index (χ0v) is 28.4. The lowest BCUT2D eigenvalue weighted by Gasteiger charge is -2.40. The van der Waals surface area contributed by atoms with Crippen molar-refractivity contribution in [1.82, 2.24) is 34.8 Å². The van der Waals surface area contributed by atoms with E-state index in [1.165, 1.54) is 0 Å². The summed E-state index contributed by atoms with van der Waals surface area (Å²) in [6.07, 6.45) is 0.476. The Morgan fingerprint density at radius 1 is 1.08 bits per heavy atom. The number of carboxylic acid groups (broad SMARTS) is 1. The van der Waals surface area contributed by atoms with Crippen molar-refractivity contribution in [2.75, 3.05) is 63.3 Å². The van der Waals surface area contributed by atoms with Crippen LogP contribution in [0.15, 0.2) is 30.6 Å². The van der Waals surface area contributed by atoms with Crippen LogP contribution in [-0.4, -0.2) is 105 Å². The van der Waals surface area contributed by atoms with Crippen molar-refractivity contribution in [3.8, 4) is 22.8 Å². The fourth-order valence-corrected chi connectivity index (χ4v) is 6.56. The van der Waals surface area contributed by atoms with Gasteiger partial charge in [-0.1, -0.05) is 13.8 Å². The van der Waals surface area contributed by atoms with E-state index in [4.69, 9.17) is 19.8 Å². The monoisotopic (exact) mass is 681 g/mol. The number of carboxylic acids is 1. The number of halogens is 3. The predicted molar refractivity (Wildman–Crippen MR) is 180 cm³/mol. The van der Waals surface area contributed by atoms with Gasteiger partial charge in [-0.2, -0.15) is 13.2 Å². The van der Waals surface area contributed by atoms with Gasteiger partial charge in [-0.05, 0) is 38.0 Å². The molecule has 4 aromatic rings. The van der Waals surface area contributed by atoms with Gasteiger partial charge in [0.2, 0.25) is 0 Å². The molecule has 49 heavy (non-hydrogen) atoms. The Labute approximate surface area is 282 Å². The fraction of sp³-hybridized carbons (Fsp3) is 0.529. The van der Waals surface area contributed by atoms with Crippen LogP contribution in [0.3, 0.4) is 0 Å². The van der Waals surface area contributed by atoms with Gasteiger partial charge < -0.3 is 24.6 Å². The predicted octanol–water partition coefficient (Wildman–Crippen LogP) is 5.47. The molecule has 1 aliphatic heterocycles. The average Bonchev–Trinajstić information content (AvgIpc) is 3.81. The first kappa shape index (κ1) is 34.5. The highest BCUT2D eigenvalue weighted by Crippen LogP contribution is 2.42. The van der Waals surface area contributed by atoms with Gasteiger partial charge in [0.1, 0.15) is 22.7 Å². The van der Waals surface area contributed by atoms with E-state index in [2.05, 4.69) is 50.5 Å². The third kappa shape index (κ3) is 7.93. The van der Waals surface area contributed by atoms with Crippen LogP contribution >= 0.6 is 0 Å². The topological polar surface area (TPSA) is 136 Å². The summed E-state index contributed by atoms with van der Waals surface area (Å²) in [5, 5.41) is 9.03. The summed E-state index contributed by atoms with van der Waals surface area (Å²) < 4.78 is 47.3. The number of ether oxygens (including phenoxy) is 1. The number of imidazole rings is 1. The number of nitrogens with one attached hydrogen (secondary N) is 1. The molecule has 1 atom stereocenters. The number of hydrogen-bond donors (Lipinski definition) is 2. The van der Waals surface area contributed by atoms with Crippen molar-refractivity contribution in [2.24, 2.45) is 5.41 Å². The molecule has 0 amide bonds. The van der Waals surface area contributed by atoms with Crippen LogP contribution in [0.4, 0.5) is 24.7 Å². The lowest BCUT2D eigenvalue weighted by Crippen LogP contribution is -2.52.